The van der Waals surface area contributed by atoms with Gasteiger partial charge in [0.15, 0.2) is 5.82 Å². The molecule has 3 aromatic rings. The van der Waals surface area contributed by atoms with E-state index in [9.17, 15) is 9.59 Å². The van der Waals surface area contributed by atoms with E-state index >= 15 is 0 Å². The summed E-state index contributed by atoms with van der Waals surface area (Å²) < 4.78 is 13.1. The lowest BCUT2D eigenvalue weighted by Gasteiger charge is -2.33. The summed E-state index contributed by atoms with van der Waals surface area (Å²) in [5.74, 6) is 2.49. The first-order chi connectivity index (χ1) is 21.7. The minimum absolute atomic E-state index is 0.235. The van der Waals surface area contributed by atoms with Gasteiger partial charge in [-0.2, -0.15) is 0 Å². The average Bonchev–Trinajstić information content (AvgIpc) is 3.98. The van der Waals surface area contributed by atoms with Crippen LogP contribution in [0, 0.1) is 22.7 Å². The maximum atomic E-state index is 12.5. The Bertz CT molecular complexity index is 1540. The predicted octanol–water partition coefficient (Wildman–Crippen LogP) is 5.64. The zero-order valence-electron chi connectivity index (χ0n) is 26.3. The van der Waals surface area contributed by atoms with Gasteiger partial charge in [0.05, 0.1) is 12.2 Å². The number of carbonyl (C=O) groups excluding carboxylic acids is 2. The molecular formula is C35H44N6O4. The van der Waals surface area contributed by atoms with E-state index in [0.717, 1.165) is 43.7 Å². The van der Waals surface area contributed by atoms with E-state index in [1.807, 2.05) is 42.6 Å². The number of primary amides is 1. The number of ether oxygens (including phenoxy) is 2. The van der Waals surface area contributed by atoms with Gasteiger partial charge in [0.1, 0.15) is 12.4 Å². The first-order valence-corrected chi connectivity index (χ1v) is 16.4. The third kappa shape index (κ3) is 5.75. The van der Waals surface area contributed by atoms with E-state index in [4.69, 9.17) is 20.2 Å². The van der Waals surface area contributed by atoms with Crippen LogP contribution in [0.4, 0.5) is 10.6 Å². The molecule has 10 heteroatoms. The fourth-order valence-electron chi connectivity index (χ4n) is 8.42. The van der Waals surface area contributed by atoms with Gasteiger partial charge in [-0.05, 0) is 106 Å². The molecular weight excluding hydrogens is 568 g/mol. The smallest absolute Gasteiger partial charge is 0.407 e. The summed E-state index contributed by atoms with van der Waals surface area (Å²) in [6.45, 7) is 6.56. The first-order valence-electron chi connectivity index (χ1n) is 16.4. The summed E-state index contributed by atoms with van der Waals surface area (Å²) in [5, 5.41) is 7.50. The summed E-state index contributed by atoms with van der Waals surface area (Å²) in [6.07, 6.45) is 10.9. The Hall–Kier alpha value is -4.08. The number of nitrogens with zero attached hydrogens (tertiary/aromatic N) is 4. The largest absolute Gasteiger partial charge is 0.477 e. The van der Waals surface area contributed by atoms with Crippen molar-refractivity contribution in [2.45, 2.75) is 77.4 Å². The summed E-state index contributed by atoms with van der Waals surface area (Å²) in [6, 6.07) is 15.0. The normalized spacial score (nSPS) is 21.6. The van der Waals surface area contributed by atoms with Gasteiger partial charge in [0.2, 0.25) is 5.88 Å². The van der Waals surface area contributed by atoms with Crippen molar-refractivity contribution in [3.8, 4) is 11.7 Å². The standard InChI is InChI=1S/C35H44N6O4/c1-33(2)21-25(9-6-18-37-32(43)45-23-24-7-4-3-5-8-24)22-40(33)31-26(30(36)42)10-11-28(38-31)41-19-12-29(39-41)44-20-13-27-34(14-15-34)35(27)16-17-35/h3-5,7-8,10-12,19,25,27H,6,9,13-18,20-23H2,1-2H3,(H2,36,42)(H,37,43)/t25-/m1/s1. The van der Waals surface area contributed by atoms with Gasteiger partial charge in [0.25, 0.3) is 5.91 Å². The second-order valence-corrected chi connectivity index (χ2v) is 14.1. The quantitative estimate of drug-likeness (QED) is 0.240. The van der Waals surface area contributed by atoms with Crippen molar-refractivity contribution in [1.29, 1.82) is 0 Å². The molecule has 0 bridgehead atoms. The van der Waals surface area contributed by atoms with Crippen LogP contribution < -0.4 is 20.7 Å². The van der Waals surface area contributed by atoms with E-state index in [2.05, 4.69) is 29.2 Å². The number of hydrogen-bond donors (Lipinski definition) is 2. The molecule has 3 N–H and O–H groups in total. The van der Waals surface area contributed by atoms with Gasteiger partial charge in [0, 0.05) is 30.9 Å². The number of anilines is 1. The molecule has 2 spiro atoms. The Morgan fingerprint density at radius 3 is 2.49 bits per heavy atom. The van der Waals surface area contributed by atoms with Crippen LogP contribution in [0.25, 0.3) is 5.82 Å². The van der Waals surface area contributed by atoms with Crippen LogP contribution in [-0.4, -0.2) is 52.0 Å². The fraction of sp³-hybridized carbons (Fsp3) is 0.543. The van der Waals surface area contributed by atoms with Crippen LogP contribution >= 0.6 is 0 Å². The number of benzene rings is 1. The Morgan fingerprint density at radius 2 is 1.78 bits per heavy atom. The molecule has 3 saturated carbocycles. The van der Waals surface area contributed by atoms with Gasteiger partial charge in [-0.15, -0.1) is 5.10 Å². The molecule has 4 fully saturated rings. The summed E-state index contributed by atoms with van der Waals surface area (Å²) >= 11 is 0. The molecule has 4 aliphatic rings. The average molecular weight is 613 g/mol. The summed E-state index contributed by atoms with van der Waals surface area (Å²) in [5.41, 5.74) is 8.31. The number of aromatic nitrogens is 3. The monoisotopic (exact) mass is 612 g/mol. The molecule has 0 unspecified atom stereocenters. The highest BCUT2D eigenvalue weighted by molar-refractivity contribution is 5.98. The van der Waals surface area contributed by atoms with E-state index in [0.29, 0.717) is 53.0 Å². The van der Waals surface area contributed by atoms with Gasteiger partial charge >= 0.3 is 6.09 Å². The number of rotatable bonds is 13. The van der Waals surface area contributed by atoms with Crippen molar-refractivity contribution in [2.24, 2.45) is 28.4 Å². The number of alkyl carbamates (subject to hydrolysis) is 1. The van der Waals surface area contributed by atoms with Crippen molar-refractivity contribution in [3.05, 3.63) is 65.9 Å². The molecule has 1 saturated heterocycles. The number of nitrogens with one attached hydrogen (secondary N) is 1. The molecule has 1 aliphatic heterocycles. The predicted molar refractivity (Wildman–Crippen MR) is 170 cm³/mol. The Balaban J connectivity index is 0.938. The molecule has 3 aliphatic carbocycles. The number of hydrogen-bond acceptors (Lipinski definition) is 7. The van der Waals surface area contributed by atoms with Crippen molar-refractivity contribution in [1.82, 2.24) is 20.1 Å². The van der Waals surface area contributed by atoms with E-state index in [-0.39, 0.29) is 12.1 Å². The zero-order valence-corrected chi connectivity index (χ0v) is 26.3. The van der Waals surface area contributed by atoms with Gasteiger partial charge in [-0.3, -0.25) is 4.79 Å². The van der Waals surface area contributed by atoms with E-state index < -0.39 is 12.0 Å². The van der Waals surface area contributed by atoms with Crippen molar-refractivity contribution in [3.63, 3.8) is 0 Å². The number of pyridine rings is 1. The summed E-state index contributed by atoms with van der Waals surface area (Å²) in [4.78, 5) is 31.7. The highest BCUT2D eigenvalue weighted by Gasteiger charge is 2.85. The molecule has 2 aromatic heterocycles. The lowest BCUT2D eigenvalue weighted by molar-refractivity contribution is 0.1000. The number of amides is 2. The lowest BCUT2D eigenvalue weighted by Crippen LogP contribution is -2.40. The first kappa shape index (κ1) is 29.6. The van der Waals surface area contributed by atoms with E-state index in [1.165, 1.54) is 25.7 Å². The van der Waals surface area contributed by atoms with Crippen LogP contribution in [0.1, 0.15) is 81.1 Å². The number of fused-ring (bicyclic) bond motifs is 1. The lowest BCUT2D eigenvalue weighted by atomic mass is 9.93. The molecule has 1 atom stereocenters. The fourth-order valence-corrected chi connectivity index (χ4v) is 8.42. The van der Waals surface area contributed by atoms with Crippen LogP contribution in [0.3, 0.4) is 0 Å². The van der Waals surface area contributed by atoms with Crippen molar-refractivity contribution >= 4 is 17.8 Å². The molecule has 45 heavy (non-hydrogen) atoms. The van der Waals surface area contributed by atoms with Crippen LogP contribution in [0.5, 0.6) is 5.88 Å². The molecule has 10 nitrogen and oxygen atoms in total. The zero-order chi connectivity index (χ0) is 31.2. The number of nitrogens with two attached hydrogens (primary N) is 1. The van der Waals surface area contributed by atoms with Crippen LogP contribution in [0.2, 0.25) is 0 Å². The molecule has 238 valence electrons. The Labute approximate surface area is 264 Å². The maximum Gasteiger partial charge on any atom is 0.407 e. The third-order valence-electron chi connectivity index (χ3n) is 10.9. The van der Waals surface area contributed by atoms with E-state index in [1.54, 1.807) is 16.8 Å². The SMILES string of the molecule is CC1(C)C[C@@H](CCCNC(=O)OCc2ccccc2)CN1c1nc(-n2ccc(OCCC3C4(CC4)C34CC4)n2)ccc1C(N)=O. The second-order valence-electron chi connectivity index (χ2n) is 14.1. The Kier molecular flexibility index (Phi) is 7.49. The minimum atomic E-state index is -0.507. The topological polar surface area (TPSA) is 125 Å². The number of carbonyl (C=O) groups is 2. The molecule has 1 aromatic carbocycles. The highest BCUT2D eigenvalue weighted by Crippen LogP contribution is 2.93. The van der Waals surface area contributed by atoms with Gasteiger partial charge < -0.3 is 25.4 Å². The van der Waals surface area contributed by atoms with Gasteiger partial charge in [-0.1, -0.05) is 30.3 Å². The summed E-state index contributed by atoms with van der Waals surface area (Å²) in [7, 11) is 0. The Morgan fingerprint density at radius 1 is 1.02 bits per heavy atom. The maximum absolute atomic E-state index is 12.5. The minimum Gasteiger partial charge on any atom is -0.477 e. The molecule has 7 rings (SSSR count). The molecule has 2 amide bonds. The molecule has 0 radical (unpaired) electrons. The highest BCUT2D eigenvalue weighted by atomic mass is 16.5. The molecule has 3 heterocycles. The van der Waals surface area contributed by atoms with Crippen molar-refractivity contribution in [2.75, 3.05) is 24.6 Å². The van der Waals surface area contributed by atoms with Crippen LogP contribution in [-0.2, 0) is 11.3 Å². The van der Waals surface area contributed by atoms with Gasteiger partial charge in [-0.25, -0.2) is 14.5 Å². The third-order valence-corrected chi connectivity index (χ3v) is 10.9. The van der Waals surface area contributed by atoms with Crippen molar-refractivity contribution < 1.29 is 19.1 Å². The van der Waals surface area contributed by atoms with Crippen LogP contribution in [0.15, 0.2) is 54.7 Å². The second kappa shape index (κ2) is 11.4.